The third-order valence-electron chi connectivity index (χ3n) is 6.12. The van der Waals surface area contributed by atoms with Crippen molar-refractivity contribution in [1.82, 2.24) is 15.2 Å². The number of methoxy groups -OCH3 is 1. The molecule has 4 N–H and O–H groups in total. The van der Waals surface area contributed by atoms with Crippen molar-refractivity contribution in [2.75, 3.05) is 45.8 Å². The van der Waals surface area contributed by atoms with Gasteiger partial charge in [-0.1, -0.05) is 20.8 Å². The number of hydrogen-bond acceptors (Lipinski definition) is 8. The highest BCUT2D eigenvalue weighted by molar-refractivity contribution is 6.06. The molecule has 0 bridgehead atoms. The van der Waals surface area contributed by atoms with Crippen molar-refractivity contribution in [2.24, 2.45) is 0 Å². The van der Waals surface area contributed by atoms with E-state index in [2.05, 4.69) is 36.4 Å². The Bertz CT molecular complexity index is 1190. The fourth-order valence-electron chi connectivity index (χ4n) is 4.24. The summed E-state index contributed by atoms with van der Waals surface area (Å²) in [5.41, 5.74) is 2.98. The third-order valence-corrected chi connectivity index (χ3v) is 6.12. The molecule has 0 unspecified atom stereocenters. The SMILES string of the molecule is CCOc1cc2c(nc1C(=O)NC)C(=N)N(CC(=O)c1cc(NCCCO)c(OC)c(C(C)(C)C)c1)C2. The van der Waals surface area contributed by atoms with Gasteiger partial charge in [0, 0.05) is 43.4 Å². The summed E-state index contributed by atoms with van der Waals surface area (Å²) in [6.07, 6.45) is 0.560. The topological polar surface area (TPSA) is 137 Å². The number of amides is 1. The molecule has 1 aromatic heterocycles. The first-order valence-corrected chi connectivity index (χ1v) is 12.4. The summed E-state index contributed by atoms with van der Waals surface area (Å²) in [5, 5.41) is 23.7. The summed E-state index contributed by atoms with van der Waals surface area (Å²) in [5.74, 6) is 0.542. The molecule has 2 heterocycles. The number of ether oxygens (including phenoxy) is 2. The average molecular weight is 512 g/mol. The zero-order chi connectivity index (χ0) is 27.3. The van der Waals surface area contributed by atoms with Gasteiger partial charge in [-0.3, -0.25) is 15.0 Å². The minimum atomic E-state index is -0.400. The summed E-state index contributed by atoms with van der Waals surface area (Å²) in [7, 11) is 3.11. The Morgan fingerprint density at radius 1 is 1.24 bits per heavy atom. The van der Waals surface area contributed by atoms with Gasteiger partial charge < -0.3 is 30.1 Å². The highest BCUT2D eigenvalue weighted by atomic mass is 16.5. The summed E-state index contributed by atoms with van der Waals surface area (Å²) in [6, 6.07) is 5.33. The average Bonchev–Trinajstić information content (AvgIpc) is 3.16. The second-order valence-electron chi connectivity index (χ2n) is 9.84. The summed E-state index contributed by atoms with van der Waals surface area (Å²) in [6.45, 7) is 9.21. The number of nitrogens with one attached hydrogen (secondary N) is 3. The Morgan fingerprint density at radius 3 is 2.57 bits per heavy atom. The number of pyridine rings is 1. The highest BCUT2D eigenvalue weighted by Crippen LogP contribution is 2.38. The van der Waals surface area contributed by atoms with Gasteiger partial charge in [0.15, 0.2) is 17.2 Å². The first kappa shape index (κ1) is 27.9. The Kier molecular flexibility index (Phi) is 8.75. The van der Waals surface area contributed by atoms with Gasteiger partial charge in [0.25, 0.3) is 5.91 Å². The predicted molar refractivity (Wildman–Crippen MR) is 142 cm³/mol. The molecule has 1 aromatic carbocycles. The molecule has 2 aromatic rings. The van der Waals surface area contributed by atoms with Crippen LogP contribution in [0.1, 0.15) is 71.8 Å². The van der Waals surface area contributed by atoms with Crippen LogP contribution in [-0.2, 0) is 12.0 Å². The maximum absolute atomic E-state index is 13.5. The monoisotopic (exact) mass is 511 g/mol. The Morgan fingerprint density at radius 2 is 1.97 bits per heavy atom. The van der Waals surface area contributed by atoms with E-state index in [4.69, 9.17) is 14.9 Å². The number of amidine groups is 1. The number of anilines is 1. The van der Waals surface area contributed by atoms with Crippen LogP contribution >= 0.6 is 0 Å². The van der Waals surface area contributed by atoms with Crippen LogP contribution in [0.25, 0.3) is 0 Å². The van der Waals surface area contributed by atoms with Gasteiger partial charge in [-0.25, -0.2) is 4.98 Å². The summed E-state index contributed by atoms with van der Waals surface area (Å²) < 4.78 is 11.3. The zero-order valence-electron chi connectivity index (χ0n) is 22.4. The van der Waals surface area contributed by atoms with E-state index in [-0.39, 0.29) is 35.9 Å². The van der Waals surface area contributed by atoms with Gasteiger partial charge in [0.1, 0.15) is 17.3 Å². The number of aliphatic hydroxyl groups excluding tert-OH is 1. The van der Waals surface area contributed by atoms with Gasteiger partial charge in [-0.15, -0.1) is 0 Å². The second-order valence-corrected chi connectivity index (χ2v) is 9.84. The van der Waals surface area contributed by atoms with Crippen molar-refractivity contribution in [1.29, 1.82) is 5.41 Å². The van der Waals surface area contributed by atoms with Crippen molar-refractivity contribution in [3.8, 4) is 11.5 Å². The van der Waals surface area contributed by atoms with Crippen LogP contribution in [0.5, 0.6) is 11.5 Å². The van der Waals surface area contributed by atoms with E-state index in [0.717, 1.165) is 11.1 Å². The Balaban J connectivity index is 1.92. The van der Waals surface area contributed by atoms with Crippen LogP contribution in [0, 0.1) is 5.41 Å². The number of Topliss-reactive ketones (excluding diaryl/α,β-unsaturated/α-hetero) is 1. The van der Waals surface area contributed by atoms with Gasteiger partial charge >= 0.3 is 0 Å². The summed E-state index contributed by atoms with van der Waals surface area (Å²) in [4.78, 5) is 31.9. The van der Waals surface area contributed by atoms with Crippen LogP contribution < -0.4 is 20.1 Å². The molecule has 200 valence electrons. The first-order chi connectivity index (χ1) is 17.5. The molecule has 1 aliphatic heterocycles. The minimum absolute atomic E-state index is 0.0273. The first-order valence-electron chi connectivity index (χ1n) is 12.4. The lowest BCUT2D eigenvalue weighted by atomic mass is 9.84. The largest absolute Gasteiger partial charge is 0.494 e. The van der Waals surface area contributed by atoms with Crippen LogP contribution in [0.3, 0.4) is 0 Å². The predicted octanol–water partition coefficient (Wildman–Crippen LogP) is 2.96. The van der Waals surface area contributed by atoms with E-state index in [1.54, 1.807) is 24.1 Å². The molecule has 0 spiro atoms. The molecule has 10 nitrogen and oxygen atoms in total. The van der Waals surface area contributed by atoms with Crippen LogP contribution in [0.15, 0.2) is 18.2 Å². The maximum Gasteiger partial charge on any atom is 0.273 e. The molecule has 3 rings (SSSR count). The standard InChI is InChI=1S/C27H37N5O5/c1-7-37-21-13-17-14-32(25(28)22(17)31-23(21)26(35)29-5)15-20(34)16-11-18(27(2,3)4)24(36-6)19(12-16)30-9-8-10-33/h11-13,28,30,33H,7-10,14-15H2,1-6H3,(H,29,35). The van der Waals surface area contributed by atoms with E-state index >= 15 is 0 Å². The van der Waals surface area contributed by atoms with Crippen molar-refractivity contribution in [3.63, 3.8) is 0 Å². The smallest absolute Gasteiger partial charge is 0.273 e. The lowest BCUT2D eigenvalue weighted by Crippen LogP contribution is -2.31. The minimum Gasteiger partial charge on any atom is -0.494 e. The number of fused-ring (bicyclic) bond motifs is 1. The molecule has 0 fully saturated rings. The Hall–Kier alpha value is -3.66. The van der Waals surface area contributed by atoms with E-state index in [9.17, 15) is 14.7 Å². The number of nitrogens with zero attached hydrogens (tertiary/aromatic N) is 2. The van der Waals surface area contributed by atoms with Crippen molar-refractivity contribution < 1.29 is 24.2 Å². The molecule has 0 saturated heterocycles. The number of ketones is 1. The van der Waals surface area contributed by atoms with E-state index < -0.39 is 5.91 Å². The molecular weight excluding hydrogens is 474 g/mol. The van der Waals surface area contributed by atoms with E-state index in [0.29, 0.717) is 54.6 Å². The van der Waals surface area contributed by atoms with Crippen molar-refractivity contribution >= 4 is 23.2 Å². The Labute approximate surface area is 217 Å². The number of hydrogen-bond donors (Lipinski definition) is 4. The summed E-state index contributed by atoms with van der Waals surface area (Å²) >= 11 is 0. The number of rotatable bonds is 11. The molecule has 0 atom stereocenters. The van der Waals surface area contributed by atoms with E-state index in [1.807, 2.05) is 13.0 Å². The molecular formula is C27H37N5O5. The van der Waals surface area contributed by atoms with Gasteiger partial charge in [0.05, 0.1) is 25.9 Å². The molecule has 0 aliphatic carbocycles. The fraction of sp³-hybridized carbons (Fsp3) is 0.481. The number of carbonyl (C=O) groups excluding carboxylic acids is 2. The number of benzene rings is 1. The molecule has 1 amide bonds. The molecule has 10 heteroatoms. The highest BCUT2D eigenvalue weighted by Gasteiger charge is 2.31. The molecule has 1 aliphatic rings. The number of carbonyl (C=O) groups is 2. The van der Waals surface area contributed by atoms with Gasteiger partial charge in [0.2, 0.25) is 0 Å². The third kappa shape index (κ3) is 6.02. The maximum atomic E-state index is 13.5. The quantitative estimate of drug-likeness (QED) is 0.267. The van der Waals surface area contributed by atoms with Crippen molar-refractivity contribution in [2.45, 2.75) is 46.1 Å². The second kappa shape index (κ2) is 11.6. The lowest BCUT2D eigenvalue weighted by Gasteiger charge is -2.26. The van der Waals surface area contributed by atoms with Gasteiger partial charge in [-0.2, -0.15) is 0 Å². The van der Waals surface area contributed by atoms with Gasteiger partial charge in [-0.05, 0) is 37.0 Å². The number of aliphatic hydroxyl groups is 1. The van der Waals surface area contributed by atoms with Crippen LogP contribution in [-0.4, -0.2) is 73.0 Å². The zero-order valence-corrected chi connectivity index (χ0v) is 22.4. The number of aromatic nitrogens is 1. The lowest BCUT2D eigenvalue weighted by molar-refractivity contribution is 0.0949. The van der Waals surface area contributed by atoms with Crippen LogP contribution in [0.4, 0.5) is 5.69 Å². The van der Waals surface area contributed by atoms with Crippen LogP contribution in [0.2, 0.25) is 0 Å². The van der Waals surface area contributed by atoms with E-state index in [1.165, 1.54) is 7.05 Å². The molecule has 0 saturated carbocycles. The normalized spacial score (nSPS) is 12.8. The fourth-order valence-corrected chi connectivity index (χ4v) is 4.24. The molecule has 37 heavy (non-hydrogen) atoms. The molecule has 0 radical (unpaired) electrons. The van der Waals surface area contributed by atoms with Crippen molar-refractivity contribution in [3.05, 3.63) is 46.3 Å².